The number of ketones is 1. The second-order valence-electron chi connectivity index (χ2n) is 4.12. The summed E-state index contributed by atoms with van der Waals surface area (Å²) in [5.74, 6) is -0.516. The number of carbonyl (C=O) groups excluding carboxylic acids is 1. The third-order valence-electron chi connectivity index (χ3n) is 2.80. The van der Waals surface area contributed by atoms with Crippen LogP contribution in [-0.4, -0.2) is 12.4 Å². The van der Waals surface area contributed by atoms with Crippen LogP contribution in [-0.2, 0) is 4.74 Å². The van der Waals surface area contributed by atoms with Crippen molar-refractivity contribution in [1.29, 1.82) is 0 Å². The summed E-state index contributed by atoms with van der Waals surface area (Å²) in [5.41, 5.74) is 1.25. The van der Waals surface area contributed by atoms with Gasteiger partial charge in [-0.1, -0.05) is 30.3 Å². The summed E-state index contributed by atoms with van der Waals surface area (Å²) in [6.45, 7) is 2.28. The Balaban J connectivity index is 2.29. The van der Waals surface area contributed by atoms with Gasteiger partial charge in [-0.25, -0.2) is 4.39 Å². The SMILES string of the molecule is CCOC(C(=O)c1ccc(F)cc1)c1ccccc1. The van der Waals surface area contributed by atoms with Crippen molar-refractivity contribution in [3.8, 4) is 0 Å². The van der Waals surface area contributed by atoms with Crippen LogP contribution in [0.1, 0.15) is 28.9 Å². The number of carbonyl (C=O) groups is 1. The Morgan fingerprint density at radius 2 is 1.74 bits per heavy atom. The highest BCUT2D eigenvalue weighted by molar-refractivity contribution is 6.00. The van der Waals surface area contributed by atoms with E-state index in [9.17, 15) is 9.18 Å². The predicted octanol–water partition coefficient (Wildman–Crippen LogP) is 3.79. The van der Waals surface area contributed by atoms with Crippen molar-refractivity contribution in [3.05, 3.63) is 71.5 Å². The standard InChI is InChI=1S/C16H15FO2/c1-2-19-16(13-6-4-3-5-7-13)15(18)12-8-10-14(17)11-9-12/h3-11,16H,2H2,1H3. The summed E-state index contributed by atoms with van der Waals surface area (Å²) in [7, 11) is 0. The molecule has 0 radical (unpaired) electrons. The van der Waals surface area contributed by atoms with Crippen LogP contribution in [0, 0.1) is 5.82 Å². The minimum atomic E-state index is -0.642. The first-order valence-corrected chi connectivity index (χ1v) is 6.18. The molecular weight excluding hydrogens is 243 g/mol. The van der Waals surface area contributed by atoms with Crippen LogP contribution in [0.2, 0.25) is 0 Å². The Hall–Kier alpha value is -2.00. The van der Waals surface area contributed by atoms with Crippen LogP contribution in [0.4, 0.5) is 4.39 Å². The van der Waals surface area contributed by atoms with Gasteiger partial charge < -0.3 is 4.74 Å². The fourth-order valence-electron chi connectivity index (χ4n) is 1.88. The van der Waals surface area contributed by atoms with E-state index in [4.69, 9.17) is 4.74 Å². The van der Waals surface area contributed by atoms with E-state index in [0.717, 1.165) is 5.56 Å². The van der Waals surface area contributed by atoms with Gasteiger partial charge in [0.05, 0.1) is 0 Å². The second-order valence-corrected chi connectivity index (χ2v) is 4.12. The Bertz CT molecular complexity index is 534. The van der Waals surface area contributed by atoms with E-state index in [1.54, 1.807) is 0 Å². The van der Waals surface area contributed by atoms with Gasteiger partial charge in [-0.15, -0.1) is 0 Å². The van der Waals surface area contributed by atoms with Crippen molar-refractivity contribution >= 4 is 5.78 Å². The third kappa shape index (κ3) is 3.26. The number of rotatable bonds is 5. The lowest BCUT2D eigenvalue weighted by atomic mass is 10.00. The van der Waals surface area contributed by atoms with Gasteiger partial charge in [0.15, 0.2) is 5.78 Å². The number of halogens is 1. The Labute approximate surface area is 111 Å². The number of benzene rings is 2. The molecule has 0 fully saturated rings. The van der Waals surface area contributed by atoms with Gasteiger partial charge in [-0.3, -0.25) is 4.79 Å². The summed E-state index contributed by atoms with van der Waals surface area (Å²) >= 11 is 0. The summed E-state index contributed by atoms with van der Waals surface area (Å²) in [4.78, 5) is 12.4. The minimum Gasteiger partial charge on any atom is -0.366 e. The lowest BCUT2D eigenvalue weighted by Gasteiger charge is -2.16. The summed E-state index contributed by atoms with van der Waals surface area (Å²) in [6.07, 6.45) is -0.642. The van der Waals surface area contributed by atoms with Gasteiger partial charge in [0.2, 0.25) is 0 Å². The number of hydrogen-bond donors (Lipinski definition) is 0. The zero-order valence-electron chi connectivity index (χ0n) is 10.7. The molecule has 1 unspecified atom stereocenters. The Morgan fingerprint density at radius 3 is 2.32 bits per heavy atom. The Morgan fingerprint density at radius 1 is 1.11 bits per heavy atom. The highest BCUT2D eigenvalue weighted by Gasteiger charge is 2.22. The lowest BCUT2D eigenvalue weighted by Crippen LogP contribution is -2.16. The van der Waals surface area contributed by atoms with E-state index in [1.165, 1.54) is 24.3 Å². The van der Waals surface area contributed by atoms with Crippen LogP contribution >= 0.6 is 0 Å². The van der Waals surface area contributed by atoms with Gasteiger partial charge in [-0.05, 0) is 36.8 Å². The predicted molar refractivity (Wildman–Crippen MR) is 71.5 cm³/mol. The monoisotopic (exact) mass is 258 g/mol. The average molecular weight is 258 g/mol. The number of ether oxygens (including phenoxy) is 1. The molecular formula is C16H15FO2. The maximum absolute atomic E-state index is 12.9. The normalized spacial score (nSPS) is 12.1. The molecule has 2 aromatic rings. The lowest BCUT2D eigenvalue weighted by molar-refractivity contribution is 0.0452. The summed E-state index contributed by atoms with van der Waals surface area (Å²) in [5, 5.41) is 0. The van der Waals surface area contributed by atoms with Crippen LogP contribution < -0.4 is 0 Å². The molecule has 0 aromatic heterocycles. The molecule has 0 aliphatic heterocycles. The average Bonchev–Trinajstić information content (AvgIpc) is 2.46. The fraction of sp³-hybridized carbons (Fsp3) is 0.188. The van der Waals surface area contributed by atoms with Gasteiger partial charge in [0.1, 0.15) is 11.9 Å². The van der Waals surface area contributed by atoms with Crippen LogP contribution in [0.15, 0.2) is 54.6 Å². The highest BCUT2D eigenvalue weighted by atomic mass is 19.1. The topological polar surface area (TPSA) is 26.3 Å². The molecule has 1 atom stereocenters. The summed E-state index contributed by atoms with van der Waals surface area (Å²) in [6, 6.07) is 14.8. The molecule has 0 amide bonds. The highest BCUT2D eigenvalue weighted by Crippen LogP contribution is 2.22. The maximum Gasteiger partial charge on any atom is 0.196 e. The fourth-order valence-corrected chi connectivity index (χ4v) is 1.88. The van der Waals surface area contributed by atoms with E-state index in [1.807, 2.05) is 37.3 Å². The first-order chi connectivity index (χ1) is 9.22. The van der Waals surface area contributed by atoms with E-state index in [0.29, 0.717) is 12.2 Å². The molecule has 0 bridgehead atoms. The molecule has 2 aromatic carbocycles. The maximum atomic E-state index is 12.9. The van der Waals surface area contributed by atoms with Crippen molar-refractivity contribution in [2.75, 3.05) is 6.61 Å². The smallest absolute Gasteiger partial charge is 0.196 e. The molecule has 2 rings (SSSR count). The van der Waals surface area contributed by atoms with Crippen molar-refractivity contribution < 1.29 is 13.9 Å². The zero-order chi connectivity index (χ0) is 13.7. The minimum absolute atomic E-state index is 0.159. The van der Waals surface area contributed by atoms with Gasteiger partial charge >= 0.3 is 0 Å². The van der Waals surface area contributed by atoms with E-state index in [-0.39, 0.29) is 11.6 Å². The van der Waals surface area contributed by atoms with Gasteiger partial charge in [0, 0.05) is 12.2 Å². The van der Waals surface area contributed by atoms with Crippen LogP contribution in [0.25, 0.3) is 0 Å². The van der Waals surface area contributed by atoms with Crippen molar-refractivity contribution in [2.24, 2.45) is 0 Å². The molecule has 0 saturated heterocycles. The Kier molecular flexibility index (Phi) is 4.42. The van der Waals surface area contributed by atoms with Crippen molar-refractivity contribution in [3.63, 3.8) is 0 Å². The first kappa shape index (κ1) is 13.4. The van der Waals surface area contributed by atoms with E-state index < -0.39 is 6.10 Å². The largest absolute Gasteiger partial charge is 0.366 e. The molecule has 0 spiro atoms. The van der Waals surface area contributed by atoms with Gasteiger partial charge in [-0.2, -0.15) is 0 Å². The van der Waals surface area contributed by atoms with Crippen LogP contribution in [0.5, 0.6) is 0 Å². The zero-order valence-corrected chi connectivity index (χ0v) is 10.7. The number of Topliss-reactive ketones (excluding diaryl/α,β-unsaturated/α-hetero) is 1. The van der Waals surface area contributed by atoms with E-state index >= 15 is 0 Å². The van der Waals surface area contributed by atoms with Crippen LogP contribution in [0.3, 0.4) is 0 Å². The molecule has 0 heterocycles. The second kappa shape index (κ2) is 6.25. The number of hydrogen-bond acceptors (Lipinski definition) is 2. The first-order valence-electron chi connectivity index (χ1n) is 6.18. The van der Waals surface area contributed by atoms with E-state index in [2.05, 4.69) is 0 Å². The molecule has 19 heavy (non-hydrogen) atoms. The molecule has 0 aliphatic carbocycles. The molecule has 3 heteroatoms. The van der Waals surface area contributed by atoms with Crippen molar-refractivity contribution in [1.82, 2.24) is 0 Å². The molecule has 0 saturated carbocycles. The summed E-state index contributed by atoms with van der Waals surface area (Å²) < 4.78 is 18.4. The molecule has 2 nitrogen and oxygen atoms in total. The quantitative estimate of drug-likeness (QED) is 0.763. The third-order valence-corrected chi connectivity index (χ3v) is 2.80. The molecule has 98 valence electrons. The van der Waals surface area contributed by atoms with Crippen molar-refractivity contribution in [2.45, 2.75) is 13.0 Å². The molecule has 0 N–H and O–H groups in total. The molecule has 0 aliphatic rings. The van der Waals surface area contributed by atoms with Gasteiger partial charge in [0.25, 0.3) is 0 Å².